The van der Waals surface area contributed by atoms with Gasteiger partial charge in [-0.2, -0.15) is 0 Å². The predicted molar refractivity (Wildman–Crippen MR) is 181 cm³/mol. The molecule has 3 N–H and O–H groups in total. The van der Waals surface area contributed by atoms with Crippen LogP contribution in [-0.4, -0.2) is 84.2 Å². The van der Waals surface area contributed by atoms with E-state index < -0.39 is 5.82 Å². The van der Waals surface area contributed by atoms with Gasteiger partial charge in [-0.05, 0) is 72.6 Å². The summed E-state index contributed by atoms with van der Waals surface area (Å²) in [4.78, 5) is 40.1. The molecule has 1 aliphatic rings. The van der Waals surface area contributed by atoms with Gasteiger partial charge >= 0.3 is 0 Å². The van der Waals surface area contributed by atoms with Gasteiger partial charge in [0.15, 0.2) is 5.88 Å². The van der Waals surface area contributed by atoms with E-state index >= 15 is 0 Å². The number of aliphatic imine (C=N–C) groups is 1. The molecule has 9 nitrogen and oxygen atoms in total. The summed E-state index contributed by atoms with van der Waals surface area (Å²) < 4.78 is 14.1. The van der Waals surface area contributed by atoms with Crippen molar-refractivity contribution in [3.63, 3.8) is 0 Å². The molecule has 236 valence electrons. The quantitative estimate of drug-likeness (QED) is 0.188. The van der Waals surface area contributed by atoms with Crippen molar-refractivity contribution in [3.8, 4) is 5.88 Å². The molecule has 0 unspecified atom stereocenters. The normalized spacial score (nSPS) is 14.5. The first-order valence-corrected chi connectivity index (χ1v) is 15.9. The van der Waals surface area contributed by atoms with Crippen molar-refractivity contribution in [1.29, 1.82) is 0 Å². The summed E-state index contributed by atoms with van der Waals surface area (Å²) in [5.41, 5.74) is 4.23. The Bertz CT molecular complexity index is 1880. The molecule has 0 radical (unpaired) electrons. The second kappa shape index (κ2) is 13.7. The molecule has 1 aliphatic heterocycles. The molecule has 2 amide bonds. The standard InChI is InChI=1S/C35H35FN6O3S/c1-40-14-16-42(17-15-40)22-31(43)41(2)27-11-9-26(10-12-27)38-33(32-28-13-8-25(36)20-29(28)39-35(32)45)24-6-3-5-23(19-24)21-37-34(44)30-7-4-18-46-30/h3-13,18-20,39,45H,14-17,21-22H2,1-2H3,(H,37,44). The first-order chi connectivity index (χ1) is 22.2. The molecule has 0 atom stereocenters. The summed E-state index contributed by atoms with van der Waals surface area (Å²) in [6.07, 6.45) is 0. The van der Waals surface area contributed by atoms with Gasteiger partial charge < -0.3 is 25.2 Å². The van der Waals surface area contributed by atoms with Crippen LogP contribution in [0.15, 0.2) is 89.2 Å². The maximum atomic E-state index is 14.1. The number of amides is 2. The first kappa shape index (κ1) is 31.2. The summed E-state index contributed by atoms with van der Waals surface area (Å²) in [5, 5.41) is 16.5. The van der Waals surface area contributed by atoms with Crippen molar-refractivity contribution >= 4 is 51.1 Å². The third kappa shape index (κ3) is 7.02. The third-order valence-electron chi connectivity index (χ3n) is 8.18. The van der Waals surface area contributed by atoms with Gasteiger partial charge in [-0.1, -0.05) is 24.3 Å². The summed E-state index contributed by atoms with van der Waals surface area (Å²) in [6.45, 7) is 4.27. The molecule has 0 saturated carbocycles. The molecule has 0 bridgehead atoms. The average Bonchev–Trinajstić information content (AvgIpc) is 3.71. The van der Waals surface area contributed by atoms with Gasteiger partial charge in [0, 0.05) is 56.4 Å². The number of hydrogen-bond acceptors (Lipinski definition) is 7. The number of thiophene rings is 1. The fourth-order valence-corrected chi connectivity index (χ4v) is 6.13. The number of rotatable bonds is 9. The molecule has 1 saturated heterocycles. The van der Waals surface area contributed by atoms with Crippen LogP contribution in [0, 0.1) is 5.82 Å². The lowest BCUT2D eigenvalue weighted by molar-refractivity contribution is -0.119. The van der Waals surface area contributed by atoms with Gasteiger partial charge in [0.2, 0.25) is 5.91 Å². The van der Waals surface area contributed by atoms with E-state index in [1.165, 1.54) is 23.5 Å². The summed E-state index contributed by atoms with van der Waals surface area (Å²) in [6, 6.07) is 22.8. The molecule has 3 aromatic carbocycles. The summed E-state index contributed by atoms with van der Waals surface area (Å²) in [7, 11) is 3.86. The van der Waals surface area contributed by atoms with Gasteiger partial charge in [0.1, 0.15) is 5.82 Å². The molecule has 2 aromatic heterocycles. The Morgan fingerprint density at radius 2 is 1.80 bits per heavy atom. The number of likely N-dealkylation sites (N-methyl/N-ethyl adjacent to an activating group) is 2. The molecule has 3 heterocycles. The third-order valence-corrected chi connectivity index (χ3v) is 9.05. The Morgan fingerprint density at radius 3 is 2.54 bits per heavy atom. The van der Waals surface area contributed by atoms with Crippen molar-refractivity contribution in [2.75, 3.05) is 51.7 Å². The van der Waals surface area contributed by atoms with Crippen molar-refractivity contribution in [2.24, 2.45) is 4.99 Å². The highest BCUT2D eigenvalue weighted by atomic mass is 32.1. The number of carbonyl (C=O) groups excluding carboxylic acids is 2. The molecule has 46 heavy (non-hydrogen) atoms. The SMILES string of the molecule is CN1CCN(CC(=O)N(C)c2ccc(N=C(c3cccc(CNC(=O)c4cccs4)c3)c3c(O)[nH]c4cc(F)ccc34)cc2)CC1. The molecule has 0 spiro atoms. The van der Waals surface area contributed by atoms with Crippen LogP contribution in [0.4, 0.5) is 15.8 Å². The van der Waals surface area contributed by atoms with Crippen LogP contribution in [-0.2, 0) is 11.3 Å². The van der Waals surface area contributed by atoms with Crippen LogP contribution >= 0.6 is 11.3 Å². The molecule has 0 aliphatic carbocycles. The van der Waals surface area contributed by atoms with Crippen LogP contribution in [0.25, 0.3) is 10.9 Å². The number of H-pyrrole nitrogens is 1. The average molecular weight is 639 g/mol. The number of nitrogens with one attached hydrogen (secondary N) is 2. The van der Waals surface area contributed by atoms with Crippen molar-refractivity contribution < 1.29 is 19.1 Å². The zero-order valence-corrected chi connectivity index (χ0v) is 26.5. The zero-order valence-electron chi connectivity index (χ0n) is 25.7. The van der Waals surface area contributed by atoms with E-state index in [-0.39, 0.29) is 17.7 Å². The number of aromatic nitrogens is 1. The Labute approximate surface area is 270 Å². The van der Waals surface area contributed by atoms with Crippen LogP contribution < -0.4 is 10.2 Å². The molecular formula is C35H35FN6O3S. The number of hydrogen-bond donors (Lipinski definition) is 3. The second-order valence-corrected chi connectivity index (χ2v) is 12.4. The van der Waals surface area contributed by atoms with E-state index in [2.05, 4.69) is 27.1 Å². The number of fused-ring (bicyclic) bond motifs is 1. The van der Waals surface area contributed by atoms with Gasteiger partial charge in [-0.3, -0.25) is 14.5 Å². The minimum absolute atomic E-state index is 0.0143. The van der Waals surface area contributed by atoms with E-state index in [4.69, 9.17) is 4.99 Å². The highest BCUT2D eigenvalue weighted by molar-refractivity contribution is 7.12. The smallest absolute Gasteiger partial charge is 0.261 e. The van der Waals surface area contributed by atoms with Gasteiger partial charge in [0.05, 0.1) is 33.9 Å². The minimum Gasteiger partial charge on any atom is -0.494 e. The number of anilines is 1. The van der Waals surface area contributed by atoms with E-state index in [1.807, 2.05) is 60.0 Å². The van der Waals surface area contributed by atoms with Gasteiger partial charge in [-0.25, -0.2) is 9.38 Å². The molecular weight excluding hydrogens is 603 g/mol. The van der Waals surface area contributed by atoms with E-state index in [0.717, 1.165) is 37.4 Å². The topological polar surface area (TPSA) is 104 Å². The monoisotopic (exact) mass is 638 g/mol. The maximum absolute atomic E-state index is 14.1. The predicted octanol–water partition coefficient (Wildman–Crippen LogP) is 5.38. The Hall–Kier alpha value is -4.84. The lowest BCUT2D eigenvalue weighted by atomic mass is 9.99. The van der Waals surface area contributed by atoms with E-state index in [1.54, 1.807) is 24.1 Å². The second-order valence-electron chi connectivity index (χ2n) is 11.4. The lowest BCUT2D eigenvalue weighted by Gasteiger charge is -2.32. The molecule has 6 rings (SSSR count). The largest absolute Gasteiger partial charge is 0.494 e. The van der Waals surface area contributed by atoms with Crippen LogP contribution in [0.5, 0.6) is 5.88 Å². The molecule has 5 aromatic rings. The van der Waals surface area contributed by atoms with Crippen molar-refractivity contribution in [1.82, 2.24) is 20.1 Å². The van der Waals surface area contributed by atoms with Crippen LogP contribution in [0.2, 0.25) is 0 Å². The number of aromatic hydroxyl groups is 1. The van der Waals surface area contributed by atoms with E-state index in [9.17, 15) is 19.1 Å². The zero-order chi connectivity index (χ0) is 32.2. The highest BCUT2D eigenvalue weighted by Crippen LogP contribution is 2.32. The van der Waals surface area contributed by atoms with E-state index in [0.29, 0.717) is 51.4 Å². The van der Waals surface area contributed by atoms with Crippen LogP contribution in [0.1, 0.15) is 26.4 Å². The summed E-state index contributed by atoms with van der Waals surface area (Å²) >= 11 is 1.37. The number of aromatic amines is 1. The lowest BCUT2D eigenvalue weighted by Crippen LogP contribution is -2.48. The maximum Gasteiger partial charge on any atom is 0.261 e. The Balaban J connectivity index is 1.29. The fourth-order valence-electron chi connectivity index (χ4n) is 5.49. The minimum atomic E-state index is -0.427. The number of nitrogens with zero attached hydrogens (tertiary/aromatic N) is 4. The number of halogens is 1. The fraction of sp³-hybridized carbons (Fsp3) is 0.229. The molecule has 11 heteroatoms. The van der Waals surface area contributed by atoms with Crippen molar-refractivity contribution in [2.45, 2.75) is 6.54 Å². The van der Waals surface area contributed by atoms with Gasteiger partial charge in [-0.15, -0.1) is 11.3 Å². The Morgan fingerprint density at radius 1 is 1.02 bits per heavy atom. The first-order valence-electron chi connectivity index (χ1n) is 15.0. The Kier molecular flexibility index (Phi) is 9.25. The molecule has 1 fully saturated rings. The number of piperazine rings is 1. The highest BCUT2D eigenvalue weighted by Gasteiger charge is 2.21. The number of carbonyl (C=O) groups is 2. The number of benzene rings is 3. The summed E-state index contributed by atoms with van der Waals surface area (Å²) in [5.74, 6) is -0.705. The van der Waals surface area contributed by atoms with Gasteiger partial charge in [0.25, 0.3) is 5.91 Å². The van der Waals surface area contributed by atoms with Crippen molar-refractivity contribution in [3.05, 3.63) is 112 Å². The van der Waals surface area contributed by atoms with Crippen LogP contribution in [0.3, 0.4) is 0 Å².